The van der Waals surface area contributed by atoms with Crippen LogP contribution in [-0.4, -0.2) is 13.3 Å². The van der Waals surface area contributed by atoms with E-state index in [0.29, 0.717) is 11.3 Å². The molecule has 0 atom stereocenters. The van der Waals surface area contributed by atoms with Crippen molar-refractivity contribution < 1.29 is 18.1 Å². The number of rotatable bonds is 5. The lowest BCUT2D eigenvalue weighted by molar-refractivity contribution is -0.385. The molecule has 0 aliphatic rings. The molecule has 0 unspecified atom stereocenters. The quantitative estimate of drug-likeness (QED) is 0.668. The molecule has 2 aromatic carbocycles. The lowest BCUT2D eigenvalue weighted by atomic mass is 10.2. The molecule has 0 aliphatic carbocycles. The van der Waals surface area contributed by atoms with Crippen molar-refractivity contribution in [1.82, 2.24) is 0 Å². The van der Waals surface area contributed by atoms with Gasteiger partial charge < -0.3 is 4.74 Å². The van der Waals surface area contributed by atoms with E-state index >= 15 is 0 Å². The first-order valence-corrected chi connectivity index (χ1v) is 7.40. The molecule has 0 saturated carbocycles. The fraction of sp³-hybridized carbons (Fsp3) is 0.0769. The van der Waals surface area contributed by atoms with E-state index in [-0.39, 0.29) is 17.2 Å². The molecule has 21 heavy (non-hydrogen) atoms. The van der Waals surface area contributed by atoms with Gasteiger partial charge in [0.2, 0.25) is 10.0 Å². The zero-order valence-electron chi connectivity index (χ0n) is 10.8. The van der Waals surface area contributed by atoms with E-state index in [4.69, 9.17) is 9.88 Å². The Bertz CT molecular complexity index is 756. The molecule has 0 radical (unpaired) electrons. The third-order valence-corrected chi connectivity index (χ3v) is 3.66. The minimum atomic E-state index is -3.75. The predicted octanol–water partition coefficient (Wildman–Crippen LogP) is 1.82. The van der Waals surface area contributed by atoms with Crippen molar-refractivity contribution in [1.29, 1.82) is 0 Å². The SMILES string of the molecule is NS(=O)(=O)c1ccc(OCc2ccccc2[N+](=O)[O-])cc1. The van der Waals surface area contributed by atoms with Gasteiger partial charge in [0.1, 0.15) is 12.4 Å². The Morgan fingerprint density at radius 1 is 1.10 bits per heavy atom. The molecule has 0 aromatic heterocycles. The zero-order chi connectivity index (χ0) is 15.5. The summed E-state index contributed by atoms with van der Waals surface area (Å²) in [6.45, 7) is 0.00583. The maximum Gasteiger partial charge on any atom is 0.276 e. The molecule has 0 bridgehead atoms. The van der Waals surface area contributed by atoms with Crippen LogP contribution in [0.25, 0.3) is 0 Å². The van der Waals surface area contributed by atoms with Crippen molar-refractivity contribution in [3.8, 4) is 5.75 Å². The Morgan fingerprint density at radius 3 is 2.29 bits per heavy atom. The smallest absolute Gasteiger partial charge is 0.276 e. The van der Waals surface area contributed by atoms with Crippen molar-refractivity contribution in [2.24, 2.45) is 5.14 Å². The summed E-state index contributed by atoms with van der Waals surface area (Å²) >= 11 is 0. The second kappa shape index (κ2) is 5.90. The highest BCUT2D eigenvalue weighted by Gasteiger charge is 2.13. The summed E-state index contributed by atoms with van der Waals surface area (Å²) in [5.74, 6) is 0.389. The molecule has 0 fully saturated rings. The highest BCUT2D eigenvalue weighted by atomic mass is 32.2. The van der Waals surface area contributed by atoms with Gasteiger partial charge in [-0.15, -0.1) is 0 Å². The van der Waals surface area contributed by atoms with Gasteiger partial charge in [0, 0.05) is 6.07 Å². The molecule has 2 N–H and O–H groups in total. The number of benzene rings is 2. The Hall–Kier alpha value is -2.45. The Balaban J connectivity index is 2.12. The first-order chi connectivity index (χ1) is 9.88. The number of para-hydroxylation sites is 1. The molecule has 2 aromatic rings. The highest BCUT2D eigenvalue weighted by Crippen LogP contribution is 2.21. The van der Waals surface area contributed by atoms with Crippen molar-refractivity contribution >= 4 is 15.7 Å². The van der Waals surface area contributed by atoms with Gasteiger partial charge in [-0.1, -0.05) is 12.1 Å². The van der Waals surface area contributed by atoms with E-state index < -0.39 is 14.9 Å². The van der Waals surface area contributed by atoms with Gasteiger partial charge in [0.05, 0.1) is 15.4 Å². The predicted molar refractivity (Wildman–Crippen MR) is 75.2 cm³/mol. The van der Waals surface area contributed by atoms with Crippen molar-refractivity contribution in [3.05, 3.63) is 64.2 Å². The summed E-state index contributed by atoms with van der Waals surface area (Å²) in [5, 5.41) is 15.8. The first kappa shape index (κ1) is 14.9. The van der Waals surface area contributed by atoms with Crippen LogP contribution < -0.4 is 9.88 Å². The lowest BCUT2D eigenvalue weighted by Crippen LogP contribution is -2.11. The summed E-state index contributed by atoms with van der Waals surface area (Å²) < 4.78 is 27.6. The fourth-order valence-corrected chi connectivity index (χ4v) is 2.21. The summed E-state index contributed by atoms with van der Waals surface area (Å²) in [7, 11) is -3.75. The normalized spacial score (nSPS) is 11.1. The Labute approximate surface area is 121 Å². The van der Waals surface area contributed by atoms with Gasteiger partial charge >= 0.3 is 0 Å². The summed E-state index contributed by atoms with van der Waals surface area (Å²) in [6.07, 6.45) is 0. The maximum atomic E-state index is 11.1. The Morgan fingerprint density at radius 2 is 1.71 bits per heavy atom. The third kappa shape index (κ3) is 3.77. The van der Waals surface area contributed by atoms with Crippen LogP contribution in [0.1, 0.15) is 5.56 Å². The van der Waals surface area contributed by atoms with Crippen molar-refractivity contribution in [3.63, 3.8) is 0 Å². The minimum absolute atomic E-state index is 0.00583. The van der Waals surface area contributed by atoms with Gasteiger partial charge in [-0.05, 0) is 30.3 Å². The van der Waals surface area contributed by atoms with E-state index in [9.17, 15) is 18.5 Å². The Kier molecular flexibility index (Phi) is 4.20. The number of nitrogens with two attached hydrogens (primary N) is 1. The van der Waals surface area contributed by atoms with E-state index in [2.05, 4.69) is 0 Å². The molecule has 8 heteroatoms. The van der Waals surface area contributed by atoms with Crippen molar-refractivity contribution in [2.45, 2.75) is 11.5 Å². The number of hydrogen-bond acceptors (Lipinski definition) is 5. The molecule has 7 nitrogen and oxygen atoms in total. The van der Waals surface area contributed by atoms with Crippen LogP contribution in [0.5, 0.6) is 5.75 Å². The van der Waals surface area contributed by atoms with E-state index in [0.717, 1.165) is 0 Å². The van der Waals surface area contributed by atoms with Crippen LogP contribution in [0.15, 0.2) is 53.4 Å². The van der Waals surface area contributed by atoms with Crippen LogP contribution >= 0.6 is 0 Å². The van der Waals surface area contributed by atoms with Crippen molar-refractivity contribution in [2.75, 3.05) is 0 Å². The number of sulfonamides is 1. The number of nitro groups is 1. The van der Waals surface area contributed by atoms with Crippen LogP contribution in [0, 0.1) is 10.1 Å². The molecule has 0 amide bonds. The fourth-order valence-electron chi connectivity index (χ4n) is 1.70. The van der Waals surface area contributed by atoms with Gasteiger partial charge in [-0.25, -0.2) is 13.6 Å². The molecule has 0 saturated heterocycles. The van der Waals surface area contributed by atoms with Crippen LogP contribution in [-0.2, 0) is 16.6 Å². The van der Waals surface area contributed by atoms with Gasteiger partial charge in [-0.2, -0.15) is 0 Å². The lowest BCUT2D eigenvalue weighted by Gasteiger charge is -2.07. The number of hydrogen-bond donors (Lipinski definition) is 1. The molecular weight excluding hydrogens is 296 g/mol. The zero-order valence-corrected chi connectivity index (χ0v) is 11.6. The second-order valence-electron chi connectivity index (χ2n) is 4.19. The van der Waals surface area contributed by atoms with Gasteiger partial charge in [-0.3, -0.25) is 10.1 Å². The highest BCUT2D eigenvalue weighted by molar-refractivity contribution is 7.89. The number of ether oxygens (including phenoxy) is 1. The van der Waals surface area contributed by atoms with E-state index in [1.165, 1.54) is 30.3 Å². The number of primary sulfonamides is 1. The average molecular weight is 308 g/mol. The molecule has 110 valence electrons. The summed E-state index contributed by atoms with van der Waals surface area (Å²) in [5.41, 5.74) is 0.400. The van der Waals surface area contributed by atoms with E-state index in [1.807, 2.05) is 0 Å². The third-order valence-electron chi connectivity index (χ3n) is 2.73. The molecular formula is C13H12N2O5S. The number of nitro benzene ring substituents is 1. The summed E-state index contributed by atoms with van der Waals surface area (Å²) in [6, 6.07) is 11.7. The second-order valence-corrected chi connectivity index (χ2v) is 5.75. The maximum absolute atomic E-state index is 11.1. The minimum Gasteiger partial charge on any atom is -0.489 e. The molecule has 0 spiro atoms. The number of nitrogens with zero attached hydrogens (tertiary/aromatic N) is 1. The molecule has 2 rings (SSSR count). The first-order valence-electron chi connectivity index (χ1n) is 5.86. The standard InChI is InChI=1S/C13H12N2O5S/c14-21(18,19)12-7-5-11(6-8-12)20-9-10-3-1-2-4-13(10)15(16)17/h1-8H,9H2,(H2,14,18,19). The van der Waals surface area contributed by atoms with Crippen LogP contribution in [0.2, 0.25) is 0 Å². The van der Waals surface area contributed by atoms with Gasteiger partial charge in [0.15, 0.2) is 0 Å². The summed E-state index contributed by atoms with van der Waals surface area (Å²) in [4.78, 5) is 10.3. The van der Waals surface area contributed by atoms with Crippen LogP contribution in [0.4, 0.5) is 5.69 Å². The largest absolute Gasteiger partial charge is 0.489 e. The molecule has 0 heterocycles. The molecule has 0 aliphatic heterocycles. The average Bonchev–Trinajstić information content (AvgIpc) is 2.45. The van der Waals surface area contributed by atoms with E-state index in [1.54, 1.807) is 18.2 Å². The van der Waals surface area contributed by atoms with Crippen LogP contribution in [0.3, 0.4) is 0 Å². The van der Waals surface area contributed by atoms with Gasteiger partial charge in [0.25, 0.3) is 5.69 Å². The topological polar surface area (TPSA) is 113 Å². The monoisotopic (exact) mass is 308 g/mol.